The number of likely N-dealkylation sites (N-methyl/N-ethyl adjacent to an activating group) is 1. The summed E-state index contributed by atoms with van der Waals surface area (Å²) in [6, 6.07) is 9.40. The van der Waals surface area contributed by atoms with E-state index in [0.29, 0.717) is 0 Å². The van der Waals surface area contributed by atoms with Gasteiger partial charge in [-0.25, -0.2) is 0 Å². The maximum atomic E-state index is 13.3. The summed E-state index contributed by atoms with van der Waals surface area (Å²) in [5.41, 5.74) is 0.527. The molecule has 0 unspecified atom stereocenters. The summed E-state index contributed by atoms with van der Waals surface area (Å²) in [5, 5.41) is 20.0. The average molecular weight is 319 g/mol. The van der Waals surface area contributed by atoms with Crippen LogP contribution in [0.5, 0.6) is 0 Å². The topological polar surface area (TPSA) is 70.0 Å². The van der Waals surface area contributed by atoms with Crippen LogP contribution in [-0.2, 0) is 14.9 Å². The Morgan fingerprint density at radius 2 is 1.83 bits per heavy atom. The molecule has 1 amide bonds. The number of hydrogen-bond acceptors (Lipinski definition) is 4. The van der Waals surface area contributed by atoms with Crippen molar-refractivity contribution in [2.45, 2.75) is 49.3 Å². The summed E-state index contributed by atoms with van der Waals surface area (Å²) < 4.78 is 5.33. The molecular weight excluding hydrogens is 294 g/mol. The fourth-order valence-corrected chi connectivity index (χ4v) is 3.95. The largest absolute Gasteiger partial charge is 0.388 e. The second-order valence-corrected chi connectivity index (χ2v) is 6.73. The standard InChI is InChI=1S/C18H25NO4/c1-19(14-11-23-12-15(20)16(14)21)17(22)18(9-5-6-10-18)13-7-3-2-4-8-13/h2-4,7-8,14-16,20-21H,5-6,9-12H2,1H3/t14-,15-,16+/m1/s1. The normalized spacial score (nSPS) is 30.1. The van der Waals surface area contributed by atoms with Crippen LogP contribution >= 0.6 is 0 Å². The van der Waals surface area contributed by atoms with Crippen LogP contribution in [0.15, 0.2) is 30.3 Å². The quantitative estimate of drug-likeness (QED) is 0.874. The van der Waals surface area contributed by atoms with Crippen LogP contribution in [0.4, 0.5) is 0 Å². The van der Waals surface area contributed by atoms with Crippen molar-refractivity contribution in [3.05, 3.63) is 35.9 Å². The van der Waals surface area contributed by atoms with E-state index in [9.17, 15) is 15.0 Å². The molecule has 2 aliphatic rings. The van der Waals surface area contributed by atoms with Crippen LogP contribution in [0, 0.1) is 0 Å². The lowest BCUT2D eigenvalue weighted by Crippen LogP contribution is -2.59. The monoisotopic (exact) mass is 319 g/mol. The zero-order valence-electron chi connectivity index (χ0n) is 13.5. The number of ether oxygens (including phenoxy) is 1. The zero-order chi connectivity index (χ0) is 16.4. The summed E-state index contributed by atoms with van der Waals surface area (Å²) in [5.74, 6) is 0.0166. The molecule has 1 aromatic carbocycles. The van der Waals surface area contributed by atoms with Crippen molar-refractivity contribution in [1.82, 2.24) is 4.90 Å². The lowest BCUT2D eigenvalue weighted by atomic mass is 9.77. The van der Waals surface area contributed by atoms with E-state index in [4.69, 9.17) is 4.74 Å². The first kappa shape index (κ1) is 16.4. The summed E-state index contributed by atoms with van der Waals surface area (Å²) >= 11 is 0. The van der Waals surface area contributed by atoms with E-state index in [-0.39, 0.29) is 19.1 Å². The van der Waals surface area contributed by atoms with Gasteiger partial charge in [-0.1, -0.05) is 43.2 Å². The first-order valence-electron chi connectivity index (χ1n) is 8.33. The van der Waals surface area contributed by atoms with Crippen molar-refractivity contribution < 1.29 is 19.7 Å². The van der Waals surface area contributed by atoms with E-state index in [1.54, 1.807) is 11.9 Å². The van der Waals surface area contributed by atoms with Gasteiger partial charge in [0.05, 0.1) is 24.7 Å². The third-order valence-electron chi connectivity index (χ3n) is 5.38. The zero-order valence-corrected chi connectivity index (χ0v) is 13.5. The maximum Gasteiger partial charge on any atom is 0.233 e. The molecule has 1 aromatic rings. The minimum Gasteiger partial charge on any atom is -0.388 e. The highest BCUT2D eigenvalue weighted by Crippen LogP contribution is 2.43. The van der Waals surface area contributed by atoms with Crippen LogP contribution < -0.4 is 0 Å². The van der Waals surface area contributed by atoms with Crippen LogP contribution in [-0.4, -0.2) is 59.5 Å². The summed E-state index contributed by atoms with van der Waals surface area (Å²) in [4.78, 5) is 14.9. The summed E-state index contributed by atoms with van der Waals surface area (Å²) in [6.45, 7) is 0.370. The van der Waals surface area contributed by atoms with Crippen LogP contribution in [0.2, 0.25) is 0 Å². The molecule has 0 bridgehead atoms. The van der Waals surface area contributed by atoms with E-state index in [0.717, 1.165) is 31.2 Å². The Labute approximate surface area is 136 Å². The van der Waals surface area contributed by atoms with Crippen molar-refractivity contribution in [1.29, 1.82) is 0 Å². The Balaban J connectivity index is 1.87. The molecule has 3 atom stereocenters. The molecule has 0 radical (unpaired) electrons. The van der Waals surface area contributed by atoms with Crippen LogP contribution in [0.25, 0.3) is 0 Å². The fourth-order valence-electron chi connectivity index (χ4n) is 3.95. The second-order valence-electron chi connectivity index (χ2n) is 6.73. The lowest BCUT2D eigenvalue weighted by Gasteiger charge is -2.41. The van der Waals surface area contributed by atoms with E-state index < -0.39 is 23.7 Å². The number of aliphatic hydroxyl groups is 2. The highest BCUT2D eigenvalue weighted by molar-refractivity contribution is 5.88. The fraction of sp³-hybridized carbons (Fsp3) is 0.611. The maximum absolute atomic E-state index is 13.3. The molecule has 1 aliphatic heterocycles. The molecule has 1 saturated carbocycles. The molecule has 0 aromatic heterocycles. The molecule has 0 spiro atoms. The summed E-state index contributed by atoms with van der Waals surface area (Å²) in [6.07, 6.45) is 1.80. The Hall–Kier alpha value is -1.43. The van der Waals surface area contributed by atoms with Crippen molar-refractivity contribution >= 4 is 5.91 Å². The van der Waals surface area contributed by atoms with Crippen molar-refractivity contribution in [2.75, 3.05) is 20.3 Å². The van der Waals surface area contributed by atoms with Crippen molar-refractivity contribution in [3.8, 4) is 0 Å². The third-order valence-corrected chi connectivity index (χ3v) is 5.38. The van der Waals surface area contributed by atoms with E-state index in [1.807, 2.05) is 30.3 Å². The first-order chi connectivity index (χ1) is 11.1. The van der Waals surface area contributed by atoms with E-state index >= 15 is 0 Å². The third kappa shape index (κ3) is 2.89. The molecule has 1 heterocycles. The predicted molar refractivity (Wildman–Crippen MR) is 86.0 cm³/mol. The van der Waals surface area contributed by atoms with Crippen molar-refractivity contribution in [2.24, 2.45) is 0 Å². The number of hydrogen-bond donors (Lipinski definition) is 2. The van der Waals surface area contributed by atoms with Gasteiger partial charge in [0.25, 0.3) is 0 Å². The molecule has 5 heteroatoms. The number of carbonyl (C=O) groups is 1. The second kappa shape index (κ2) is 6.59. The Kier molecular flexibility index (Phi) is 4.71. The average Bonchev–Trinajstić information content (AvgIpc) is 3.08. The van der Waals surface area contributed by atoms with Crippen LogP contribution in [0.1, 0.15) is 31.2 Å². The Bertz CT molecular complexity index is 541. The molecule has 2 fully saturated rings. The lowest BCUT2D eigenvalue weighted by molar-refractivity contribution is -0.157. The molecule has 1 aliphatic carbocycles. The van der Waals surface area contributed by atoms with Gasteiger partial charge in [-0.2, -0.15) is 0 Å². The summed E-state index contributed by atoms with van der Waals surface area (Å²) in [7, 11) is 1.71. The Morgan fingerprint density at radius 1 is 1.17 bits per heavy atom. The number of nitrogens with zero attached hydrogens (tertiary/aromatic N) is 1. The Morgan fingerprint density at radius 3 is 2.48 bits per heavy atom. The van der Waals surface area contributed by atoms with Gasteiger partial charge in [-0.3, -0.25) is 4.79 Å². The molecule has 5 nitrogen and oxygen atoms in total. The first-order valence-corrected chi connectivity index (χ1v) is 8.33. The van der Waals surface area contributed by atoms with Gasteiger partial charge in [0.2, 0.25) is 5.91 Å². The van der Waals surface area contributed by atoms with Gasteiger partial charge in [-0.05, 0) is 18.4 Å². The highest BCUT2D eigenvalue weighted by atomic mass is 16.5. The SMILES string of the molecule is CN(C(=O)C1(c2ccccc2)CCCC1)[C@@H]1COC[C@@H](O)[C@H]1O. The van der Waals surface area contributed by atoms with E-state index in [1.165, 1.54) is 0 Å². The van der Waals surface area contributed by atoms with E-state index in [2.05, 4.69) is 0 Å². The minimum atomic E-state index is -0.966. The molecule has 2 N–H and O–H groups in total. The molecule has 3 rings (SSSR count). The van der Waals surface area contributed by atoms with Gasteiger partial charge in [0, 0.05) is 7.05 Å². The molecule has 126 valence electrons. The van der Waals surface area contributed by atoms with Gasteiger partial charge in [0.15, 0.2) is 0 Å². The molecular formula is C18H25NO4. The van der Waals surface area contributed by atoms with Gasteiger partial charge in [0.1, 0.15) is 12.2 Å². The highest BCUT2D eigenvalue weighted by Gasteiger charge is 2.47. The minimum absolute atomic E-state index is 0.0166. The number of amides is 1. The van der Waals surface area contributed by atoms with Gasteiger partial charge >= 0.3 is 0 Å². The number of rotatable bonds is 3. The van der Waals surface area contributed by atoms with Crippen molar-refractivity contribution in [3.63, 3.8) is 0 Å². The number of carbonyl (C=O) groups excluding carboxylic acids is 1. The van der Waals surface area contributed by atoms with Gasteiger partial charge in [-0.15, -0.1) is 0 Å². The smallest absolute Gasteiger partial charge is 0.233 e. The van der Waals surface area contributed by atoms with Crippen LogP contribution in [0.3, 0.4) is 0 Å². The molecule has 23 heavy (non-hydrogen) atoms. The number of aliphatic hydroxyl groups excluding tert-OH is 2. The molecule has 1 saturated heterocycles. The number of benzene rings is 1. The van der Waals surface area contributed by atoms with Gasteiger partial charge < -0.3 is 19.8 Å². The predicted octanol–water partition coefficient (Wildman–Crippen LogP) is 1.08.